The largest absolute Gasteiger partial charge is 0.480 e. The molecule has 1 amide bonds. The fraction of sp³-hybridized carbons (Fsp3) is 0.0833. The second-order valence-electron chi connectivity index (χ2n) is 3.48. The summed E-state index contributed by atoms with van der Waals surface area (Å²) in [6, 6.07) is 4.69. The molecule has 0 saturated heterocycles. The second-order valence-corrected chi connectivity index (χ2v) is 4.40. The van der Waals surface area contributed by atoms with Gasteiger partial charge in [0.1, 0.15) is 10.4 Å². The van der Waals surface area contributed by atoms with Crippen molar-refractivity contribution in [2.45, 2.75) is 0 Å². The van der Waals surface area contributed by atoms with Crippen molar-refractivity contribution in [1.29, 1.82) is 0 Å². The molecule has 0 aliphatic heterocycles. The lowest BCUT2D eigenvalue weighted by atomic mass is 10.2. The van der Waals surface area contributed by atoms with Gasteiger partial charge in [0.05, 0.1) is 12.8 Å². The zero-order chi connectivity index (χ0) is 13.8. The first-order chi connectivity index (χ1) is 9.13. The van der Waals surface area contributed by atoms with Crippen LogP contribution in [0.5, 0.6) is 5.88 Å². The number of hydrogen-bond acceptors (Lipinski definition) is 5. The van der Waals surface area contributed by atoms with Crippen molar-refractivity contribution < 1.29 is 19.4 Å². The Bertz CT molecular complexity index is 624. The highest BCUT2D eigenvalue weighted by Crippen LogP contribution is 2.24. The average molecular weight is 278 g/mol. The van der Waals surface area contributed by atoms with E-state index < -0.39 is 11.9 Å². The monoisotopic (exact) mass is 278 g/mol. The Balaban J connectivity index is 2.26. The predicted molar refractivity (Wildman–Crippen MR) is 70.0 cm³/mol. The number of aromatic carboxylic acids is 1. The lowest BCUT2D eigenvalue weighted by Crippen LogP contribution is -2.15. The number of nitrogens with one attached hydrogen (secondary N) is 1. The van der Waals surface area contributed by atoms with Gasteiger partial charge in [-0.3, -0.25) is 4.79 Å². The number of carboxylic acid groups (broad SMARTS) is 1. The molecule has 2 aromatic heterocycles. The quantitative estimate of drug-likeness (QED) is 0.894. The summed E-state index contributed by atoms with van der Waals surface area (Å²) in [6.07, 6.45) is 1.50. The Morgan fingerprint density at radius 3 is 2.89 bits per heavy atom. The van der Waals surface area contributed by atoms with E-state index in [2.05, 4.69) is 10.3 Å². The minimum Gasteiger partial charge on any atom is -0.480 e. The summed E-state index contributed by atoms with van der Waals surface area (Å²) in [5, 5.41) is 13.1. The first-order valence-corrected chi connectivity index (χ1v) is 6.12. The SMILES string of the molecule is COc1ncccc1C(=O)Nc1ccsc1C(=O)O. The van der Waals surface area contributed by atoms with E-state index in [0.717, 1.165) is 11.3 Å². The molecule has 0 aromatic carbocycles. The van der Waals surface area contributed by atoms with Crippen LogP contribution in [0, 0.1) is 0 Å². The molecule has 7 heteroatoms. The van der Waals surface area contributed by atoms with Crippen LogP contribution in [0.2, 0.25) is 0 Å². The van der Waals surface area contributed by atoms with Gasteiger partial charge in [-0.15, -0.1) is 11.3 Å². The van der Waals surface area contributed by atoms with E-state index >= 15 is 0 Å². The molecule has 0 saturated carbocycles. The third-order valence-corrected chi connectivity index (χ3v) is 3.22. The Hall–Kier alpha value is -2.41. The number of carboxylic acids is 1. The van der Waals surface area contributed by atoms with Gasteiger partial charge in [-0.1, -0.05) is 0 Å². The highest BCUT2D eigenvalue weighted by molar-refractivity contribution is 7.12. The molecule has 0 radical (unpaired) electrons. The maximum absolute atomic E-state index is 12.0. The number of carbonyl (C=O) groups excluding carboxylic acids is 1. The standard InChI is InChI=1S/C12H10N2O4S/c1-18-11-7(3-2-5-13-11)10(15)14-8-4-6-19-9(8)12(16)17/h2-6H,1H3,(H,14,15)(H,16,17). The third kappa shape index (κ3) is 2.71. The Morgan fingerprint density at radius 2 is 2.21 bits per heavy atom. The first-order valence-electron chi connectivity index (χ1n) is 5.24. The van der Waals surface area contributed by atoms with E-state index in [-0.39, 0.29) is 22.0 Å². The summed E-state index contributed by atoms with van der Waals surface area (Å²) >= 11 is 1.04. The lowest BCUT2D eigenvalue weighted by Gasteiger charge is -2.07. The summed E-state index contributed by atoms with van der Waals surface area (Å²) in [4.78, 5) is 27.0. The summed E-state index contributed by atoms with van der Waals surface area (Å²) < 4.78 is 4.98. The molecule has 0 spiro atoms. The van der Waals surface area contributed by atoms with Gasteiger partial charge in [-0.2, -0.15) is 0 Å². The normalized spacial score (nSPS) is 9.95. The van der Waals surface area contributed by atoms with E-state index in [1.54, 1.807) is 17.5 Å². The number of methoxy groups -OCH3 is 1. The van der Waals surface area contributed by atoms with Crippen molar-refractivity contribution in [1.82, 2.24) is 4.98 Å². The van der Waals surface area contributed by atoms with Gasteiger partial charge in [0.15, 0.2) is 0 Å². The molecule has 98 valence electrons. The molecule has 2 heterocycles. The number of carbonyl (C=O) groups is 2. The van der Waals surface area contributed by atoms with E-state index in [1.807, 2.05) is 0 Å². The maximum atomic E-state index is 12.0. The van der Waals surface area contributed by atoms with Gasteiger partial charge in [0.2, 0.25) is 5.88 Å². The number of aromatic nitrogens is 1. The van der Waals surface area contributed by atoms with Crippen molar-refractivity contribution in [3.8, 4) is 5.88 Å². The minimum absolute atomic E-state index is 0.0798. The van der Waals surface area contributed by atoms with Crippen molar-refractivity contribution in [2.75, 3.05) is 12.4 Å². The van der Waals surface area contributed by atoms with Crippen LogP contribution in [0.25, 0.3) is 0 Å². The second kappa shape index (κ2) is 5.49. The smallest absolute Gasteiger partial charge is 0.348 e. The van der Waals surface area contributed by atoms with Gasteiger partial charge in [0, 0.05) is 6.20 Å². The molecule has 0 aliphatic carbocycles. The average Bonchev–Trinajstić information content (AvgIpc) is 2.87. The van der Waals surface area contributed by atoms with Crippen LogP contribution in [0.15, 0.2) is 29.8 Å². The van der Waals surface area contributed by atoms with Crippen LogP contribution in [-0.4, -0.2) is 29.1 Å². The molecular weight excluding hydrogens is 268 g/mol. The Labute approximate surface area is 112 Å². The molecule has 19 heavy (non-hydrogen) atoms. The number of thiophene rings is 1. The molecule has 2 rings (SSSR count). The van der Waals surface area contributed by atoms with E-state index in [9.17, 15) is 9.59 Å². The summed E-state index contributed by atoms with van der Waals surface area (Å²) in [7, 11) is 1.41. The number of ether oxygens (including phenoxy) is 1. The topological polar surface area (TPSA) is 88.5 Å². The molecule has 2 aromatic rings. The van der Waals surface area contributed by atoms with Crippen LogP contribution < -0.4 is 10.1 Å². The maximum Gasteiger partial charge on any atom is 0.348 e. The van der Waals surface area contributed by atoms with Crippen LogP contribution in [0.3, 0.4) is 0 Å². The van der Waals surface area contributed by atoms with Crippen molar-refractivity contribution in [3.63, 3.8) is 0 Å². The Kier molecular flexibility index (Phi) is 3.76. The van der Waals surface area contributed by atoms with Crippen LogP contribution in [0.4, 0.5) is 5.69 Å². The van der Waals surface area contributed by atoms with E-state index in [4.69, 9.17) is 9.84 Å². The zero-order valence-electron chi connectivity index (χ0n) is 9.91. The summed E-state index contributed by atoms with van der Waals surface area (Å²) in [5.74, 6) is -1.36. The fourth-order valence-corrected chi connectivity index (χ4v) is 2.18. The molecule has 0 aliphatic rings. The van der Waals surface area contributed by atoms with E-state index in [0.29, 0.717) is 0 Å². The summed E-state index contributed by atoms with van der Waals surface area (Å²) in [5.41, 5.74) is 0.501. The molecular formula is C12H10N2O4S. The van der Waals surface area contributed by atoms with Gasteiger partial charge in [-0.05, 0) is 23.6 Å². The van der Waals surface area contributed by atoms with Crippen molar-refractivity contribution >= 4 is 28.9 Å². The number of anilines is 1. The highest BCUT2D eigenvalue weighted by Gasteiger charge is 2.17. The summed E-state index contributed by atoms with van der Waals surface area (Å²) in [6.45, 7) is 0. The van der Waals surface area contributed by atoms with Crippen molar-refractivity contribution in [2.24, 2.45) is 0 Å². The molecule has 0 atom stereocenters. The first kappa shape index (κ1) is 13.0. The van der Waals surface area contributed by atoms with Crippen LogP contribution >= 0.6 is 11.3 Å². The molecule has 2 N–H and O–H groups in total. The third-order valence-electron chi connectivity index (χ3n) is 2.32. The number of hydrogen-bond donors (Lipinski definition) is 2. The molecule has 0 bridgehead atoms. The number of nitrogens with zero attached hydrogens (tertiary/aromatic N) is 1. The number of pyridine rings is 1. The fourth-order valence-electron chi connectivity index (χ4n) is 1.49. The molecule has 0 unspecified atom stereocenters. The van der Waals surface area contributed by atoms with Crippen LogP contribution in [-0.2, 0) is 0 Å². The van der Waals surface area contributed by atoms with Gasteiger partial charge < -0.3 is 15.2 Å². The van der Waals surface area contributed by atoms with Crippen molar-refractivity contribution in [3.05, 3.63) is 40.2 Å². The zero-order valence-corrected chi connectivity index (χ0v) is 10.7. The number of amides is 1. The van der Waals surface area contributed by atoms with E-state index in [1.165, 1.54) is 19.4 Å². The Morgan fingerprint density at radius 1 is 1.42 bits per heavy atom. The molecule has 6 nitrogen and oxygen atoms in total. The molecule has 0 fully saturated rings. The highest BCUT2D eigenvalue weighted by atomic mass is 32.1. The number of rotatable bonds is 4. The predicted octanol–water partition coefficient (Wildman–Crippen LogP) is 2.10. The van der Waals surface area contributed by atoms with Gasteiger partial charge in [0.25, 0.3) is 5.91 Å². The minimum atomic E-state index is -1.08. The van der Waals surface area contributed by atoms with Gasteiger partial charge >= 0.3 is 5.97 Å². The lowest BCUT2D eigenvalue weighted by molar-refractivity contribution is 0.0703. The van der Waals surface area contributed by atoms with Gasteiger partial charge in [-0.25, -0.2) is 9.78 Å². The van der Waals surface area contributed by atoms with Crippen LogP contribution in [0.1, 0.15) is 20.0 Å².